The number of benzene rings is 2. The molecule has 0 aliphatic rings. The van der Waals surface area contributed by atoms with Crippen LogP contribution in [0.3, 0.4) is 0 Å². The first-order valence-electron chi connectivity index (χ1n) is 6.27. The third-order valence-electron chi connectivity index (χ3n) is 3.00. The van der Waals surface area contributed by atoms with Crippen molar-refractivity contribution in [2.75, 3.05) is 6.54 Å². The summed E-state index contributed by atoms with van der Waals surface area (Å²) in [5, 5.41) is 3.28. The standard InChI is InChI=1S/C16H18FN/c1-3-18-11-14-8-9-15(17)10-16(14)13-6-4-12(2)5-7-13/h4-10,18H,3,11H2,1-2H3. The van der Waals surface area contributed by atoms with Crippen LogP contribution in [-0.4, -0.2) is 6.54 Å². The molecule has 0 aliphatic heterocycles. The van der Waals surface area contributed by atoms with Crippen molar-refractivity contribution in [2.45, 2.75) is 20.4 Å². The molecule has 0 aliphatic carbocycles. The number of nitrogens with one attached hydrogen (secondary N) is 1. The smallest absolute Gasteiger partial charge is 0.123 e. The minimum absolute atomic E-state index is 0.189. The summed E-state index contributed by atoms with van der Waals surface area (Å²) < 4.78 is 13.4. The van der Waals surface area contributed by atoms with Gasteiger partial charge in [0.2, 0.25) is 0 Å². The van der Waals surface area contributed by atoms with E-state index in [1.165, 1.54) is 11.6 Å². The highest BCUT2D eigenvalue weighted by Gasteiger charge is 2.06. The number of hydrogen-bond acceptors (Lipinski definition) is 1. The predicted molar refractivity (Wildman–Crippen MR) is 74.0 cm³/mol. The number of halogens is 1. The van der Waals surface area contributed by atoms with E-state index in [0.29, 0.717) is 0 Å². The Balaban J connectivity index is 2.40. The molecule has 0 unspecified atom stereocenters. The number of rotatable bonds is 4. The van der Waals surface area contributed by atoms with Crippen molar-refractivity contribution in [2.24, 2.45) is 0 Å². The second-order valence-corrected chi connectivity index (χ2v) is 4.45. The molecular weight excluding hydrogens is 225 g/mol. The van der Waals surface area contributed by atoms with E-state index in [1.54, 1.807) is 6.07 Å². The summed E-state index contributed by atoms with van der Waals surface area (Å²) in [7, 11) is 0. The van der Waals surface area contributed by atoms with Crippen LogP contribution in [0.2, 0.25) is 0 Å². The van der Waals surface area contributed by atoms with E-state index in [2.05, 4.69) is 31.3 Å². The quantitative estimate of drug-likeness (QED) is 0.858. The van der Waals surface area contributed by atoms with Gasteiger partial charge in [-0.25, -0.2) is 4.39 Å². The van der Waals surface area contributed by atoms with Crippen LogP contribution in [0.4, 0.5) is 4.39 Å². The molecule has 18 heavy (non-hydrogen) atoms. The van der Waals surface area contributed by atoms with E-state index >= 15 is 0 Å². The lowest BCUT2D eigenvalue weighted by atomic mass is 9.98. The van der Waals surface area contributed by atoms with Gasteiger partial charge in [-0.2, -0.15) is 0 Å². The van der Waals surface area contributed by atoms with E-state index in [4.69, 9.17) is 0 Å². The van der Waals surface area contributed by atoms with E-state index in [0.717, 1.165) is 29.8 Å². The van der Waals surface area contributed by atoms with Gasteiger partial charge in [-0.3, -0.25) is 0 Å². The Bertz CT molecular complexity index is 517. The summed E-state index contributed by atoms with van der Waals surface area (Å²) in [5.74, 6) is -0.189. The molecule has 2 rings (SSSR count). The average Bonchev–Trinajstić information content (AvgIpc) is 2.38. The van der Waals surface area contributed by atoms with Gasteiger partial charge in [0.25, 0.3) is 0 Å². The van der Waals surface area contributed by atoms with Gasteiger partial charge in [0.05, 0.1) is 0 Å². The zero-order valence-corrected chi connectivity index (χ0v) is 10.8. The van der Waals surface area contributed by atoms with Crippen molar-refractivity contribution in [3.63, 3.8) is 0 Å². The fraction of sp³-hybridized carbons (Fsp3) is 0.250. The van der Waals surface area contributed by atoms with Crippen LogP contribution in [0, 0.1) is 12.7 Å². The fourth-order valence-corrected chi connectivity index (χ4v) is 1.96. The second kappa shape index (κ2) is 5.78. The largest absolute Gasteiger partial charge is 0.313 e. The molecule has 0 fully saturated rings. The number of hydrogen-bond donors (Lipinski definition) is 1. The maximum Gasteiger partial charge on any atom is 0.123 e. The van der Waals surface area contributed by atoms with E-state index in [-0.39, 0.29) is 5.82 Å². The van der Waals surface area contributed by atoms with E-state index in [9.17, 15) is 4.39 Å². The predicted octanol–water partition coefficient (Wildman–Crippen LogP) is 3.91. The molecule has 0 saturated heterocycles. The SMILES string of the molecule is CCNCc1ccc(F)cc1-c1ccc(C)cc1. The lowest BCUT2D eigenvalue weighted by Crippen LogP contribution is -2.12. The number of aryl methyl sites for hydroxylation is 1. The molecule has 0 saturated carbocycles. The van der Waals surface area contributed by atoms with Gasteiger partial charge in [-0.15, -0.1) is 0 Å². The van der Waals surface area contributed by atoms with Gasteiger partial charge in [-0.05, 0) is 42.3 Å². The van der Waals surface area contributed by atoms with Gasteiger partial charge in [0, 0.05) is 6.54 Å². The van der Waals surface area contributed by atoms with Gasteiger partial charge in [-0.1, -0.05) is 42.8 Å². The molecular formula is C16H18FN. The minimum atomic E-state index is -0.189. The van der Waals surface area contributed by atoms with E-state index < -0.39 is 0 Å². The first-order valence-corrected chi connectivity index (χ1v) is 6.27. The van der Waals surface area contributed by atoms with Crippen LogP contribution in [-0.2, 0) is 6.54 Å². The highest BCUT2D eigenvalue weighted by molar-refractivity contribution is 5.67. The minimum Gasteiger partial charge on any atom is -0.313 e. The topological polar surface area (TPSA) is 12.0 Å². The Hall–Kier alpha value is -1.67. The van der Waals surface area contributed by atoms with Crippen LogP contribution in [0.25, 0.3) is 11.1 Å². The highest BCUT2D eigenvalue weighted by atomic mass is 19.1. The Morgan fingerprint density at radius 3 is 2.44 bits per heavy atom. The first kappa shape index (κ1) is 12.8. The van der Waals surface area contributed by atoms with Gasteiger partial charge >= 0.3 is 0 Å². The van der Waals surface area contributed by atoms with Crippen LogP contribution in [0.1, 0.15) is 18.1 Å². The summed E-state index contributed by atoms with van der Waals surface area (Å²) >= 11 is 0. The van der Waals surface area contributed by atoms with E-state index in [1.807, 2.05) is 18.2 Å². The molecule has 1 N–H and O–H groups in total. The van der Waals surface area contributed by atoms with Gasteiger partial charge in [0.1, 0.15) is 5.82 Å². The zero-order chi connectivity index (χ0) is 13.0. The Morgan fingerprint density at radius 2 is 1.78 bits per heavy atom. The normalized spacial score (nSPS) is 10.6. The molecule has 2 aromatic rings. The van der Waals surface area contributed by atoms with Crippen molar-refractivity contribution in [1.82, 2.24) is 5.32 Å². The van der Waals surface area contributed by atoms with Crippen molar-refractivity contribution >= 4 is 0 Å². The average molecular weight is 243 g/mol. The third-order valence-corrected chi connectivity index (χ3v) is 3.00. The summed E-state index contributed by atoms with van der Waals surface area (Å²) in [4.78, 5) is 0. The second-order valence-electron chi connectivity index (χ2n) is 4.45. The van der Waals surface area contributed by atoms with Crippen molar-refractivity contribution < 1.29 is 4.39 Å². The molecule has 2 heteroatoms. The molecule has 0 spiro atoms. The lowest BCUT2D eigenvalue weighted by molar-refractivity contribution is 0.626. The molecule has 0 atom stereocenters. The molecule has 0 bridgehead atoms. The Kier molecular flexibility index (Phi) is 4.11. The maximum atomic E-state index is 13.4. The molecule has 0 heterocycles. The van der Waals surface area contributed by atoms with Crippen molar-refractivity contribution in [3.05, 3.63) is 59.4 Å². The first-order chi connectivity index (χ1) is 8.70. The van der Waals surface area contributed by atoms with Crippen molar-refractivity contribution in [1.29, 1.82) is 0 Å². The fourth-order valence-electron chi connectivity index (χ4n) is 1.96. The molecule has 0 radical (unpaired) electrons. The summed E-state index contributed by atoms with van der Waals surface area (Å²) in [6.07, 6.45) is 0. The molecule has 94 valence electrons. The van der Waals surface area contributed by atoms with Crippen LogP contribution in [0.5, 0.6) is 0 Å². The van der Waals surface area contributed by atoms with Crippen LogP contribution in [0.15, 0.2) is 42.5 Å². The zero-order valence-electron chi connectivity index (χ0n) is 10.8. The third kappa shape index (κ3) is 2.96. The van der Waals surface area contributed by atoms with Crippen LogP contribution >= 0.6 is 0 Å². The molecule has 2 aromatic carbocycles. The Morgan fingerprint density at radius 1 is 1.06 bits per heavy atom. The molecule has 0 aromatic heterocycles. The Labute approximate surface area is 108 Å². The monoisotopic (exact) mass is 243 g/mol. The summed E-state index contributed by atoms with van der Waals surface area (Å²) in [5.41, 5.74) is 4.37. The summed E-state index contributed by atoms with van der Waals surface area (Å²) in [6, 6.07) is 13.2. The van der Waals surface area contributed by atoms with Crippen LogP contribution < -0.4 is 5.32 Å². The van der Waals surface area contributed by atoms with Gasteiger partial charge < -0.3 is 5.32 Å². The lowest BCUT2D eigenvalue weighted by Gasteiger charge is -2.11. The van der Waals surface area contributed by atoms with Gasteiger partial charge in [0.15, 0.2) is 0 Å². The highest BCUT2D eigenvalue weighted by Crippen LogP contribution is 2.25. The maximum absolute atomic E-state index is 13.4. The van der Waals surface area contributed by atoms with Crippen molar-refractivity contribution in [3.8, 4) is 11.1 Å². The molecule has 1 nitrogen and oxygen atoms in total. The molecule has 0 amide bonds. The summed E-state index contributed by atoms with van der Waals surface area (Å²) in [6.45, 7) is 5.79.